The van der Waals surface area contributed by atoms with Gasteiger partial charge in [0.15, 0.2) is 23.0 Å². The second-order valence-corrected chi connectivity index (χ2v) is 5.20. The van der Waals surface area contributed by atoms with E-state index >= 15 is 0 Å². The number of halogens is 1. The number of pyridine rings is 1. The molecule has 0 atom stereocenters. The average Bonchev–Trinajstić information content (AvgIpc) is 3.13. The molecule has 3 aromatic rings. The molecule has 0 aliphatic rings. The maximum absolute atomic E-state index is 13.8. The zero-order chi connectivity index (χ0) is 17.6. The number of aromatic nitrogens is 2. The zero-order valence-corrected chi connectivity index (χ0v) is 13.5. The van der Waals surface area contributed by atoms with Crippen molar-refractivity contribution in [1.82, 2.24) is 15.5 Å². The lowest BCUT2D eigenvalue weighted by molar-refractivity contribution is 0.0942. The van der Waals surface area contributed by atoms with Gasteiger partial charge in [-0.25, -0.2) is 4.39 Å². The van der Waals surface area contributed by atoms with Gasteiger partial charge in [0.25, 0.3) is 5.91 Å². The van der Waals surface area contributed by atoms with Gasteiger partial charge in [-0.15, -0.1) is 0 Å². The maximum atomic E-state index is 13.8. The molecular formula is C18H16FN3O3. The van der Waals surface area contributed by atoms with Crippen molar-refractivity contribution in [3.8, 4) is 17.1 Å². The van der Waals surface area contributed by atoms with Crippen LogP contribution in [0.2, 0.25) is 0 Å². The number of carbonyl (C=O) groups is 1. The van der Waals surface area contributed by atoms with Crippen LogP contribution in [0.25, 0.3) is 11.3 Å². The Balaban J connectivity index is 1.63. The van der Waals surface area contributed by atoms with Crippen LogP contribution in [0.5, 0.6) is 5.75 Å². The molecule has 0 aliphatic carbocycles. The van der Waals surface area contributed by atoms with E-state index in [-0.39, 0.29) is 18.0 Å². The van der Waals surface area contributed by atoms with Gasteiger partial charge in [-0.3, -0.25) is 9.78 Å². The van der Waals surface area contributed by atoms with E-state index in [1.165, 1.54) is 18.2 Å². The van der Waals surface area contributed by atoms with Crippen molar-refractivity contribution in [3.05, 3.63) is 65.9 Å². The summed E-state index contributed by atoms with van der Waals surface area (Å²) >= 11 is 0. The summed E-state index contributed by atoms with van der Waals surface area (Å²) in [6.45, 7) is 2.33. The number of benzene rings is 1. The molecule has 25 heavy (non-hydrogen) atoms. The highest BCUT2D eigenvalue weighted by Crippen LogP contribution is 2.20. The Morgan fingerprint density at radius 2 is 2.20 bits per heavy atom. The number of amides is 1. The second kappa shape index (κ2) is 7.57. The summed E-state index contributed by atoms with van der Waals surface area (Å²) in [7, 11) is 0. The smallest absolute Gasteiger partial charge is 0.273 e. The van der Waals surface area contributed by atoms with Crippen molar-refractivity contribution in [3.63, 3.8) is 0 Å². The Hall–Kier alpha value is -3.22. The maximum Gasteiger partial charge on any atom is 0.273 e. The predicted octanol–water partition coefficient (Wildman–Crippen LogP) is 3.20. The van der Waals surface area contributed by atoms with Crippen LogP contribution in [0.1, 0.15) is 23.0 Å². The fourth-order valence-corrected chi connectivity index (χ4v) is 2.23. The van der Waals surface area contributed by atoms with Gasteiger partial charge in [0.2, 0.25) is 0 Å². The van der Waals surface area contributed by atoms with Crippen molar-refractivity contribution in [2.75, 3.05) is 6.61 Å². The van der Waals surface area contributed by atoms with E-state index in [0.717, 1.165) is 5.56 Å². The lowest BCUT2D eigenvalue weighted by Gasteiger charge is -2.07. The molecule has 7 heteroatoms. The van der Waals surface area contributed by atoms with Gasteiger partial charge in [0.05, 0.1) is 6.61 Å². The lowest BCUT2D eigenvalue weighted by Crippen LogP contribution is -2.23. The van der Waals surface area contributed by atoms with Gasteiger partial charge in [0.1, 0.15) is 0 Å². The van der Waals surface area contributed by atoms with Gasteiger partial charge >= 0.3 is 0 Å². The topological polar surface area (TPSA) is 77.2 Å². The molecule has 0 unspecified atom stereocenters. The molecule has 3 rings (SSSR count). The van der Waals surface area contributed by atoms with Crippen molar-refractivity contribution in [2.45, 2.75) is 13.5 Å². The monoisotopic (exact) mass is 341 g/mol. The third-order valence-electron chi connectivity index (χ3n) is 3.44. The minimum absolute atomic E-state index is 0.144. The Morgan fingerprint density at radius 3 is 2.92 bits per heavy atom. The number of carbonyl (C=O) groups excluding carboxylic acids is 1. The minimum Gasteiger partial charge on any atom is -0.491 e. The quantitative estimate of drug-likeness (QED) is 0.745. The van der Waals surface area contributed by atoms with Crippen LogP contribution >= 0.6 is 0 Å². The summed E-state index contributed by atoms with van der Waals surface area (Å²) in [5, 5.41) is 6.43. The fourth-order valence-electron chi connectivity index (χ4n) is 2.23. The molecule has 2 aromatic heterocycles. The standard InChI is InChI=1S/C18H16FN3O3/c1-2-24-16-6-5-12(8-14(16)19)10-21-18(23)15-9-17(25-22-15)13-4-3-7-20-11-13/h3-9,11H,2,10H2,1H3,(H,21,23). The molecule has 6 nitrogen and oxygen atoms in total. The van der Waals surface area contributed by atoms with Gasteiger partial charge < -0.3 is 14.6 Å². The molecule has 0 saturated carbocycles. The van der Waals surface area contributed by atoms with Crippen molar-refractivity contribution >= 4 is 5.91 Å². The van der Waals surface area contributed by atoms with E-state index in [2.05, 4.69) is 15.5 Å². The van der Waals surface area contributed by atoms with Crippen molar-refractivity contribution < 1.29 is 18.4 Å². The third-order valence-corrected chi connectivity index (χ3v) is 3.44. The normalized spacial score (nSPS) is 10.5. The van der Waals surface area contributed by atoms with E-state index in [0.29, 0.717) is 17.9 Å². The zero-order valence-electron chi connectivity index (χ0n) is 13.5. The van der Waals surface area contributed by atoms with Gasteiger partial charge in [-0.05, 0) is 36.8 Å². The molecule has 1 aromatic carbocycles. The van der Waals surface area contributed by atoms with Crippen molar-refractivity contribution in [2.24, 2.45) is 0 Å². The molecule has 1 amide bonds. The first-order valence-corrected chi connectivity index (χ1v) is 7.74. The molecule has 0 saturated heterocycles. The van der Waals surface area contributed by atoms with E-state index < -0.39 is 11.7 Å². The van der Waals surface area contributed by atoms with Crippen LogP contribution in [-0.2, 0) is 6.54 Å². The molecule has 0 fully saturated rings. The summed E-state index contributed by atoms with van der Waals surface area (Å²) in [6, 6.07) is 9.66. The van der Waals surface area contributed by atoms with Crippen LogP contribution in [0.15, 0.2) is 53.3 Å². The van der Waals surface area contributed by atoms with Crippen LogP contribution in [-0.4, -0.2) is 22.7 Å². The molecule has 128 valence electrons. The first kappa shape index (κ1) is 16.6. The largest absolute Gasteiger partial charge is 0.491 e. The highest BCUT2D eigenvalue weighted by Gasteiger charge is 2.14. The van der Waals surface area contributed by atoms with Gasteiger partial charge in [-0.2, -0.15) is 0 Å². The third kappa shape index (κ3) is 4.00. The van der Waals surface area contributed by atoms with Crippen LogP contribution in [0.3, 0.4) is 0 Å². The molecule has 0 aliphatic heterocycles. The average molecular weight is 341 g/mol. The van der Waals surface area contributed by atoms with Crippen molar-refractivity contribution in [1.29, 1.82) is 0 Å². The summed E-state index contributed by atoms with van der Waals surface area (Å²) in [4.78, 5) is 16.1. The molecular weight excluding hydrogens is 325 g/mol. The number of rotatable bonds is 6. The first-order chi connectivity index (χ1) is 12.2. The molecule has 2 heterocycles. The molecule has 1 N–H and O–H groups in total. The summed E-state index contributed by atoms with van der Waals surface area (Å²) < 4.78 is 24.1. The highest BCUT2D eigenvalue weighted by atomic mass is 19.1. The van der Waals surface area contributed by atoms with Gasteiger partial charge in [0, 0.05) is 30.6 Å². The van der Waals surface area contributed by atoms with E-state index in [4.69, 9.17) is 9.26 Å². The van der Waals surface area contributed by atoms with Crippen LogP contribution < -0.4 is 10.1 Å². The SMILES string of the molecule is CCOc1ccc(CNC(=O)c2cc(-c3cccnc3)on2)cc1F. The number of hydrogen-bond acceptors (Lipinski definition) is 5. The Labute approximate surface area is 143 Å². The predicted molar refractivity (Wildman–Crippen MR) is 88.5 cm³/mol. The second-order valence-electron chi connectivity index (χ2n) is 5.20. The summed E-state index contributed by atoms with van der Waals surface area (Å²) in [5.41, 5.74) is 1.48. The van der Waals surface area contributed by atoms with E-state index in [1.807, 2.05) is 0 Å². The fraction of sp³-hybridized carbons (Fsp3) is 0.167. The summed E-state index contributed by atoms with van der Waals surface area (Å²) in [5.74, 6) is -0.234. The number of nitrogens with zero attached hydrogens (tertiary/aromatic N) is 2. The van der Waals surface area contributed by atoms with Crippen LogP contribution in [0.4, 0.5) is 4.39 Å². The molecule has 0 bridgehead atoms. The Bertz CT molecular complexity index is 865. The molecule has 0 spiro atoms. The minimum atomic E-state index is -0.464. The van der Waals surface area contributed by atoms with E-state index in [9.17, 15) is 9.18 Å². The van der Waals surface area contributed by atoms with E-state index in [1.54, 1.807) is 37.5 Å². The number of ether oxygens (including phenoxy) is 1. The number of nitrogens with one attached hydrogen (secondary N) is 1. The Kier molecular flexibility index (Phi) is 5.03. The molecule has 0 radical (unpaired) electrons. The summed E-state index contributed by atoms with van der Waals surface area (Å²) in [6.07, 6.45) is 3.26. The first-order valence-electron chi connectivity index (χ1n) is 7.74. The Morgan fingerprint density at radius 1 is 1.32 bits per heavy atom. The highest BCUT2D eigenvalue weighted by molar-refractivity contribution is 5.93. The lowest BCUT2D eigenvalue weighted by atomic mass is 10.2. The van der Waals surface area contributed by atoms with Crippen LogP contribution in [0, 0.1) is 5.82 Å². The number of hydrogen-bond donors (Lipinski definition) is 1. The van der Waals surface area contributed by atoms with Gasteiger partial charge in [-0.1, -0.05) is 11.2 Å².